The van der Waals surface area contributed by atoms with Crippen molar-refractivity contribution in [3.05, 3.63) is 28.1 Å². The van der Waals surface area contributed by atoms with E-state index in [-0.39, 0.29) is 11.6 Å². The molecule has 0 spiro atoms. The lowest BCUT2D eigenvalue weighted by atomic mass is 10.3. The van der Waals surface area contributed by atoms with Gasteiger partial charge in [0.25, 0.3) is 11.6 Å². The number of hydrogen-bond acceptors (Lipinski definition) is 3. The minimum atomic E-state index is -0.513. The van der Waals surface area contributed by atoms with Crippen molar-refractivity contribution in [1.82, 2.24) is 9.47 Å². The van der Waals surface area contributed by atoms with Gasteiger partial charge in [-0.1, -0.05) is 15.9 Å². The van der Waals surface area contributed by atoms with Crippen molar-refractivity contribution in [1.29, 1.82) is 0 Å². The minimum Gasteiger partial charge on any atom is -0.340 e. The summed E-state index contributed by atoms with van der Waals surface area (Å²) in [7, 11) is 3.27. The largest absolute Gasteiger partial charge is 0.340 e. The van der Waals surface area contributed by atoms with Crippen LogP contribution in [-0.4, -0.2) is 39.2 Å². The van der Waals surface area contributed by atoms with Gasteiger partial charge in [-0.3, -0.25) is 14.9 Å². The highest BCUT2D eigenvalue weighted by Gasteiger charge is 2.19. The number of aromatic nitrogens is 1. The van der Waals surface area contributed by atoms with E-state index in [9.17, 15) is 14.9 Å². The van der Waals surface area contributed by atoms with E-state index in [4.69, 9.17) is 0 Å². The predicted molar refractivity (Wildman–Crippen MR) is 62.8 cm³/mol. The fraction of sp³-hybridized carbons (Fsp3) is 0.444. The smallest absolute Gasteiger partial charge is 0.287 e. The average molecular weight is 290 g/mol. The van der Waals surface area contributed by atoms with Crippen LogP contribution in [0.15, 0.2) is 12.3 Å². The third-order valence-corrected chi connectivity index (χ3v) is 2.54. The van der Waals surface area contributed by atoms with Gasteiger partial charge in [-0.15, -0.1) is 0 Å². The lowest BCUT2D eigenvalue weighted by Gasteiger charge is -2.15. The SMILES string of the molecule is CN(CCBr)C(=O)c1cc([N+](=O)[O-])cn1C. The molecule has 0 saturated heterocycles. The first-order chi connectivity index (χ1) is 7.47. The molecule has 1 amide bonds. The third kappa shape index (κ3) is 2.60. The van der Waals surface area contributed by atoms with Gasteiger partial charge in [0.2, 0.25) is 0 Å². The fourth-order valence-corrected chi connectivity index (χ4v) is 1.82. The molecule has 0 aliphatic carbocycles. The van der Waals surface area contributed by atoms with E-state index in [0.717, 1.165) is 0 Å². The predicted octanol–water partition coefficient (Wildman–Crippen LogP) is 1.40. The van der Waals surface area contributed by atoms with Crippen LogP contribution in [0.2, 0.25) is 0 Å². The van der Waals surface area contributed by atoms with Crippen molar-refractivity contribution >= 4 is 27.5 Å². The van der Waals surface area contributed by atoms with E-state index in [1.807, 2.05) is 0 Å². The van der Waals surface area contributed by atoms with E-state index in [2.05, 4.69) is 15.9 Å². The summed E-state index contributed by atoms with van der Waals surface area (Å²) in [5, 5.41) is 11.2. The second kappa shape index (κ2) is 5.11. The summed E-state index contributed by atoms with van der Waals surface area (Å²) in [5.74, 6) is -0.227. The van der Waals surface area contributed by atoms with E-state index < -0.39 is 4.92 Å². The topological polar surface area (TPSA) is 68.4 Å². The molecule has 1 heterocycles. The van der Waals surface area contributed by atoms with E-state index in [0.29, 0.717) is 17.6 Å². The van der Waals surface area contributed by atoms with Gasteiger partial charge in [0, 0.05) is 32.0 Å². The molecule has 7 heteroatoms. The van der Waals surface area contributed by atoms with E-state index >= 15 is 0 Å². The number of hydrogen-bond donors (Lipinski definition) is 0. The molecule has 1 aromatic rings. The van der Waals surface area contributed by atoms with Crippen LogP contribution in [0.25, 0.3) is 0 Å². The molecule has 0 bridgehead atoms. The molecule has 0 aliphatic rings. The maximum Gasteiger partial charge on any atom is 0.287 e. The standard InChI is InChI=1S/C9H12BrN3O3/c1-11(4-3-10)9(14)8-5-7(13(15)16)6-12(8)2/h5-6H,3-4H2,1-2H3. The Balaban J connectivity index is 2.95. The zero-order valence-electron chi connectivity index (χ0n) is 9.01. The number of nitro groups is 1. The Morgan fingerprint density at radius 1 is 1.69 bits per heavy atom. The molecular formula is C9H12BrN3O3. The van der Waals surface area contributed by atoms with Crippen LogP contribution >= 0.6 is 15.9 Å². The van der Waals surface area contributed by atoms with Crippen LogP contribution < -0.4 is 0 Å². The zero-order chi connectivity index (χ0) is 12.3. The average Bonchev–Trinajstić information content (AvgIpc) is 2.60. The monoisotopic (exact) mass is 289 g/mol. The molecule has 6 nitrogen and oxygen atoms in total. The molecule has 0 fully saturated rings. The Kier molecular flexibility index (Phi) is 4.05. The van der Waals surface area contributed by atoms with Crippen LogP contribution in [0.5, 0.6) is 0 Å². The molecule has 88 valence electrons. The zero-order valence-corrected chi connectivity index (χ0v) is 10.6. The number of carbonyl (C=O) groups excluding carboxylic acids is 1. The van der Waals surface area contributed by atoms with Gasteiger partial charge in [-0.25, -0.2) is 0 Å². The summed E-state index contributed by atoms with van der Waals surface area (Å²) >= 11 is 3.23. The number of alkyl halides is 1. The van der Waals surface area contributed by atoms with Gasteiger partial charge in [-0.05, 0) is 0 Å². The molecular weight excluding hydrogens is 278 g/mol. The molecule has 0 saturated carbocycles. The van der Waals surface area contributed by atoms with Crippen molar-refractivity contribution in [2.45, 2.75) is 0 Å². The molecule has 0 radical (unpaired) electrons. The second-order valence-electron chi connectivity index (χ2n) is 3.37. The van der Waals surface area contributed by atoms with Crippen molar-refractivity contribution in [2.75, 3.05) is 18.9 Å². The third-order valence-electron chi connectivity index (χ3n) is 2.19. The molecule has 16 heavy (non-hydrogen) atoms. The first-order valence-electron chi connectivity index (χ1n) is 4.59. The highest BCUT2D eigenvalue weighted by Crippen LogP contribution is 2.16. The molecule has 1 rings (SSSR count). The van der Waals surface area contributed by atoms with E-state index in [1.165, 1.54) is 21.7 Å². The maximum absolute atomic E-state index is 11.9. The highest BCUT2D eigenvalue weighted by atomic mass is 79.9. The number of rotatable bonds is 4. The van der Waals surface area contributed by atoms with Crippen LogP contribution in [-0.2, 0) is 7.05 Å². The highest BCUT2D eigenvalue weighted by molar-refractivity contribution is 9.09. The second-order valence-corrected chi connectivity index (χ2v) is 4.16. The summed E-state index contributed by atoms with van der Waals surface area (Å²) in [4.78, 5) is 23.4. The number of carbonyl (C=O) groups is 1. The number of nitrogens with zero attached hydrogens (tertiary/aromatic N) is 3. The lowest BCUT2D eigenvalue weighted by molar-refractivity contribution is -0.384. The summed E-state index contributed by atoms with van der Waals surface area (Å²) < 4.78 is 1.46. The maximum atomic E-state index is 11.9. The summed E-state index contributed by atoms with van der Waals surface area (Å²) in [6, 6.07) is 1.28. The number of halogens is 1. The van der Waals surface area contributed by atoms with Crippen molar-refractivity contribution in [2.24, 2.45) is 7.05 Å². The Bertz CT molecular complexity index is 416. The Morgan fingerprint density at radius 3 is 2.75 bits per heavy atom. The molecule has 0 atom stereocenters. The van der Waals surface area contributed by atoms with Gasteiger partial charge in [0.15, 0.2) is 0 Å². The first-order valence-corrected chi connectivity index (χ1v) is 5.71. The minimum absolute atomic E-state index is 0.0712. The number of amides is 1. The summed E-state index contributed by atoms with van der Waals surface area (Å²) in [6.45, 7) is 0.553. The van der Waals surface area contributed by atoms with Crippen molar-refractivity contribution in [3.8, 4) is 0 Å². The van der Waals surface area contributed by atoms with Gasteiger partial charge >= 0.3 is 0 Å². The quantitative estimate of drug-likeness (QED) is 0.478. The molecule has 1 aromatic heterocycles. The van der Waals surface area contributed by atoms with Crippen LogP contribution in [0.3, 0.4) is 0 Å². The van der Waals surface area contributed by atoms with Gasteiger partial charge in [-0.2, -0.15) is 0 Å². The lowest BCUT2D eigenvalue weighted by Crippen LogP contribution is -2.29. The Labute approximate surface area is 101 Å². The van der Waals surface area contributed by atoms with Crippen molar-refractivity contribution in [3.63, 3.8) is 0 Å². The molecule has 0 N–H and O–H groups in total. The fourth-order valence-electron chi connectivity index (χ4n) is 1.28. The summed E-state index contributed by atoms with van der Waals surface area (Å²) in [6.07, 6.45) is 1.33. The van der Waals surface area contributed by atoms with Crippen LogP contribution in [0.4, 0.5) is 5.69 Å². The molecule has 0 unspecified atom stereocenters. The van der Waals surface area contributed by atoms with E-state index in [1.54, 1.807) is 14.1 Å². The van der Waals surface area contributed by atoms with Gasteiger partial charge < -0.3 is 9.47 Å². The van der Waals surface area contributed by atoms with Gasteiger partial charge in [0.05, 0.1) is 11.1 Å². The van der Waals surface area contributed by atoms with Crippen molar-refractivity contribution < 1.29 is 9.72 Å². The first kappa shape index (κ1) is 12.7. The van der Waals surface area contributed by atoms with Crippen LogP contribution in [0.1, 0.15) is 10.5 Å². The normalized spacial score (nSPS) is 10.2. The number of aryl methyl sites for hydroxylation is 1. The Morgan fingerprint density at radius 2 is 2.31 bits per heavy atom. The Hall–Kier alpha value is -1.37. The summed E-state index contributed by atoms with van der Waals surface area (Å²) in [5.41, 5.74) is 0.244. The molecule has 0 aliphatic heterocycles. The molecule has 0 aromatic carbocycles. The van der Waals surface area contributed by atoms with Gasteiger partial charge in [0.1, 0.15) is 5.69 Å². The van der Waals surface area contributed by atoms with Crippen LogP contribution in [0, 0.1) is 10.1 Å².